The Labute approximate surface area is 130 Å². The summed E-state index contributed by atoms with van der Waals surface area (Å²) in [6, 6.07) is 7.75. The first kappa shape index (κ1) is 13.0. The molecule has 0 atom stereocenters. The second-order valence-corrected chi connectivity index (χ2v) is 5.48. The van der Waals surface area contributed by atoms with Crippen LogP contribution in [-0.4, -0.2) is 30.6 Å². The van der Waals surface area contributed by atoms with Gasteiger partial charge in [0.2, 0.25) is 5.95 Å². The molecule has 22 heavy (non-hydrogen) atoms. The number of anilines is 1. The summed E-state index contributed by atoms with van der Waals surface area (Å²) in [7, 11) is 0. The third kappa shape index (κ3) is 1.82. The fraction of sp³-hybridized carbons (Fsp3) is 0.0667. The summed E-state index contributed by atoms with van der Waals surface area (Å²) in [5.41, 5.74) is 9.61. The minimum atomic E-state index is 0.409. The number of nitrogens with zero attached hydrogens (tertiary/aromatic N) is 5. The van der Waals surface area contributed by atoms with E-state index >= 15 is 0 Å². The highest BCUT2D eigenvalue weighted by Gasteiger charge is 2.17. The van der Waals surface area contributed by atoms with Crippen molar-refractivity contribution in [1.29, 1.82) is 0 Å². The van der Waals surface area contributed by atoms with Gasteiger partial charge in [0.25, 0.3) is 0 Å². The van der Waals surface area contributed by atoms with Crippen LogP contribution in [0, 0.1) is 0 Å². The van der Waals surface area contributed by atoms with E-state index in [-0.39, 0.29) is 0 Å². The molecular formula is C15H12N6S. The van der Waals surface area contributed by atoms with Gasteiger partial charge in [0.1, 0.15) is 5.65 Å². The van der Waals surface area contributed by atoms with E-state index in [1.165, 1.54) is 11.8 Å². The normalized spacial score (nSPS) is 11.3. The molecule has 0 aromatic carbocycles. The smallest absolute Gasteiger partial charge is 0.206 e. The molecule has 0 saturated carbocycles. The van der Waals surface area contributed by atoms with Crippen LogP contribution < -0.4 is 5.73 Å². The van der Waals surface area contributed by atoms with Crippen LogP contribution in [0.4, 0.5) is 5.95 Å². The van der Waals surface area contributed by atoms with Crippen molar-refractivity contribution in [3.63, 3.8) is 0 Å². The molecule has 0 amide bonds. The Hall–Kier alpha value is -2.67. The summed E-state index contributed by atoms with van der Waals surface area (Å²) in [6.45, 7) is 0. The molecule has 4 aromatic rings. The third-order valence-corrected chi connectivity index (χ3v) is 4.07. The van der Waals surface area contributed by atoms with Gasteiger partial charge in [-0.2, -0.15) is 0 Å². The van der Waals surface area contributed by atoms with E-state index in [9.17, 15) is 0 Å². The average Bonchev–Trinajstić information content (AvgIpc) is 2.90. The summed E-state index contributed by atoms with van der Waals surface area (Å²) >= 11 is 1.51. The van der Waals surface area contributed by atoms with Crippen LogP contribution in [0.5, 0.6) is 0 Å². The van der Waals surface area contributed by atoms with Crippen LogP contribution in [0.15, 0.2) is 48.0 Å². The fourth-order valence-electron chi connectivity index (χ4n) is 2.61. The van der Waals surface area contributed by atoms with Crippen molar-refractivity contribution in [3.05, 3.63) is 42.9 Å². The number of pyridine rings is 1. The molecule has 0 fully saturated rings. The first-order chi connectivity index (χ1) is 10.8. The third-order valence-electron chi connectivity index (χ3n) is 3.51. The molecule has 7 heteroatoms. The predicted octanol–water partition coefficient (Wildman–Crippen LogP) is 2.64. The number of hydrogen-bond acceptors (Lipinski definition) is 6. The molecule has 0 unspecified atom stereocenters. The largest absolute Gasteiger partial charge is 0.369 e. The quantitative estimate of drug-likeness (QED) is 0.453. The number of hydrogen-bond donors (Lipinski definition) is 1. The number of nitrogens with two attached hydrogens (primary N) is 1. The molecule has 4 heterocycles. The predicted molar refractivity (Wildman–Crippen MR) is 87.7 cm³/mol. The minimum Gasteiger partial charge on any atom is -0.369 e. The van der Waals surface area contributed by atoms with Crippen LogP contribution in [0.2, 0.25) is 0 Å². The number of nitrogen functional groups attached to an aromatic ring is 1. The van der Waals surface area contributed by atoms with Crippen molar-refractivity contribution in [2.45, 2.75) is 5.16 Å². The van der Waals surface area contributed by atoms with Crippen LogP contribution in [-0.2, 0) is 0 Å². The highest BCUT2D eigenvalue weighted by molar-refractivity contribution is 7.98. The minimum absolute atomic E-state index is 0.409. The van der Waals surface area contributed by atoms with E-state index in [0.29, 0.717) is 5.95 Å². The molecule has 6 nitrogen and oxygen atoms in total. The molecule has 0 aliphatic rings. The maximum absolute atomic E-state index is 6.04. The maximum Gasteiger partial charge on any atom is 0.206 e. The van der Waals surface area contributed by atoms with Crippen molar-refractivity contribution in [2.24, 2.45) is 0 Å². The second kappa shape index (κ2) is 4.96. The first-order valence-corrected chi connectivity index (χ1v) is 7.89. The molecule has 0 aliphatic heterocycles. The average molecular weight is 308 g/mol. The molecule has 0 spiro atoms. The lowest BCUT2D eigenvalue weighted by molar-refractivity contribution is 0.977. The van der Waals surface area contributed by atoms with E-state index in [2.05, 4.69) is 19.9 Å². The van der Waals surface area contributed by atoms with Crippen LogP contribution >= 0.6 is 11.8 Å². The molecule has 0 aliphatic carbocycles. The SMILES string of the molecule is CSc1nccc(-c2c3cccnc3n3c(N)nccc23)n1. The van der Waals surface area contributed by atoms with Gasteiger partial charge >= 0.3 is 0 Å². The lowest BCUT2D eigenvalue weighted by Gasteiger charge is -2.03. The molecule has 0 saturated heterocycles. The lowest BCUT2D eigenvalue weighted by Crippen LogP contribution is -1.99. The molecule has 0 bridgehead atoms. The molecular weight excluding hydrogens is 296 g/mol. The van der Waals surface area contributed by atoms with Gasteiger partial charge in [-0.15, -0.1) is 0 Å². The monoisotopic (exact) mass is 308 g/mol. The van der Waals surface area contributed by atoms with Crippen molar-refractivity contribution < 1.29 is 0 Å². The summed E-state index contributed by atoms with van der Waals surface area (Å²) < 4.78 is 1.85. The van der Waals surface area contributed by atoms with Gasteiger partial charge in [0, 0.05) is 29.5 Å². The number of aromatic nitrogens is 5. The van der Waals surface area contributed by atoms with Gasteiger partial charge in [-0.1, -0.05) is 11.8 Å². The van der Waals surface area contributed by atoms with E-state index in [1.54, 1.807) is 18.6 Å². The zero-order valence-electron chi connectivity index (χ0n) is 11.8. The van der Waals surface area contributed by atoms with Crippen LogP contribution in [0.1, 0.15) is 0 Å². The van der Waals surface area contributed by atoms with Gasteiger partial charge in [-0.3, -0.25) is 4.40 Å². The van der Waals surface area contributed by atoms with E-state index in [4.69, 9.17) is 5.73 Å². The number of rotatable bonds is 2. The summed E-state index contributed by atoms with van der Waals surface area (Å²) in [6.07, 6.45) is 7.17. The van der Waals surface area contributed by atoms with Gasteiger partial charge in [-0.05, 0) is 30.5 Å². The standard InChI is InChI=1S/C15H12N6S/c1-22-15-19-7-4-10(20-15)12-9-3-2-6-17-13(9)21-11(12)5-8-18-14(21)16/h2-8H,1H3,(H2,16,18). The van der Waals surface area contributed by atoms with Gasteiger partial charge in [0.05, 0.1) is 11.2 Å². The van der Waals surface area contributed by atoms with E-state index in [0.717, 1.165) is 33.0 Å². The molecule has 0 radical (unpaired) electrons. The highest BCUT2D eigenvalue weighted by atomic mass is 32.2. The second-order valence-electron chi connectivity index (χ2n) is 4.70. The van der Waals surface area contributed by atoms with Crippen molar-refractivity contribution in [1.82, 2.24) is 24.3 Å². The Morgan fingerprint density at radius 3 is 2.77 bits per heavy atom. The lowest BCUT2D eigenvalue weighted by atomic mass is 10.1. The Morgan fingerprint density at radius 2 is 1.91 bits per heavy atom. The Kier molecular flexibility index (Phi) is 2.93. The summed E-state index contributed by atoms with van der Waals surface area (Å²) in [4.78, 5) is 17.5. The Balaban J connectivity index is 2.17. The van der Waals surface area contributed by atoms with Gasteiger partial charge < -0.3 is 5.73 Å². The highest BCUT2D eigenvalue weighted by Crippen LogP contribution is 2.34. The van der Waals surface area contributed by atoms with Gasteiger partial charge in [-0.25, -0.2) is 19.9 Å². The molecule has 2 N–H and O–H groups in total. The van der Waals surface area contributed by atoms with Crippen LogP contribution in [0.25, 0.3) is 27.8 Å². The van der Waals surface area contributed by atoms with Crippen LogP contribution in [0.3, 0.4) is 0 Å². The topological polar surface area (TPSA) is 82.0 Å². The zero-order chi connectivity index (χ0) is 15.1. The van der Waals surface area contributed by atoms with Gasteiger partial charge in [0.15, 0.2) is 5.16 Å². The van der Waals surface area contributed by atoms with Crippen molar-refractivity contribution in [2.75, 3.05) is 12.0 Å². The number of fused-ring (bicyclic) bond motifs is 3. The van der Waals surface area contributed by atoms with Crippen molar-refractivity contribution in [3.8, 4) is 11.3 Å². The Bertz CT molecular complexity index is 994. The number of thioether (sulfide) groups is 1. The first-order valence-electron chi connectivity index (χ1n) is 6.66. The molecule has 108 valence electrons. The molecule has 4 aromatic heterocycles. The molecule has 4 rings (SSSR count). The van der Waals surface area contributed by atoms with E-state index in [1.807, 2.05) is 34.9 Å². The van der Waals surface area contributed by atoms with E-state index < -0.39 is 0 Å². The fourth-order valence-corrected chi connectivity index (χ4v) is 2.97. The summed E-state index contributed by atoms with van der Waals surface area (Å²) in [5.74, 6) is 0.409. The maximum atomic E-state index is 6.04. The van der Waals surface area contributed by atoms with Crippen molar-refractivity contribution >= 4 is 34.3 Å². The summed E-state index contributed by atoms with van der Waals surface area (Å²) in [5, 5.41) is 1.73. The zero-order valence-corrected chi connectivity index (χ0v) is 12.6. The Morgan fingerprint density at radius 1 is 1.05 bits per heavy atom.